The first-order valence-corrected chi connectivity index (χ1v) is 10.5. The van der Waals surface area contributed by atoms with E-state index >= 15 is 0 Å². The Kier molecular flexibility index (Phi) is 13.1. The SMILES string of the molecule is CCCCC#C[C@H](CCCCCCCC)[C@H](O)CCc1ccccc1. The van der Waals surface area contributed by atoms with Gasteiger partial charge in [0.2, 0.25) is 0 Å². The van der Waals surface area contributed by atoms with Crippen LogP contribution in [0.5, 0.6) is 0 Å². The number of aliphatic hydroxyl groups is 1. The van der Waals surface area contributed by atoms with Crippen molar-refractivity contribution in [1.29, 1.82) is 0 Å². The van der Waals surface area contributed by atoms with Crippen molar-refractivity contribution in [2.24, 2.45) is 5.92 Å². The van der Waals surface area contributed by atoms with Gasteiger partial charge >= 0.3 is 0 Å². The lowest BCUT2D eigenvalue weighted by molar-refractivity contribution is 0.119. The molecule has 1 heteroatoms. The average Bonchev–Trinajstić information content (AvgIpc) is 2.65. The van der Waals surface area contributed by atoms with Gasteiger partial charge in [-0.1, -0.05) is 95.0 Å². The summed E-state index contributed by atoms with van der Waals surface area (Å²) >= 11 is 0. The van der Waals surface area contributed by atoms with Crippen LogP contribution >= 0.6 is 0 Å². The molecule has 140 valence electrons. The van der Waals surface area contributed by atoms with Crippen molar-refractivity contribution in [3.8, 4) is 11.8 Å². The Morgan fingerprint density at radius 3 is 2.24 bits per heavy atom. The van der Waals surface area contributed by atoms with Gasteiger partial charge in [-0.2, -0.15) is 0 Å². The van der Waals surface area contributed by atoms with Gasteiger partial charge < -0.3 is 5.11 Å². The molecule has 0 aliphatic heterocycles. The highest BCUT2D eigenvalue weighted by atomic mass is 16.3. The van der Waals surface area contributed by atoms with Crippen LogP contribution in [0.25, 0.3) is 0 Å². The van der Waals surface area contributed by atoms with Gasteiger partial charge in [0.15, 0.2) is 0 Å². The Bertz CT molecular complexity index is 468. The first-order valence-electron chi connectivity index (χ1n) is 10.5. The summed E-state index contributed by atoms with van der Waals surface area (Å²) in [5.41, 5.74) is 1.30. The Morgan fingerprint density at radius 1 is 0.840 bits per heavy atom. The molecule has 2 atom stereocenters. The van der Waals surface area contributed by atoms with Crippen LogP contribution in [0.1, 0.15) is 90.0 Å². The van der Waals surface area contributed by atoms with E-state index in [2.05, 4.69) is 50.0 Å². The lowest BCUT2D eigenvalue weighted by Gasteiger charge is -2.18. The summed E-state index contributed by atoms with van der Waals surface area (Å²) < 4.78 is 0. The maximum Gasteiger partial charge on any atom is 0.0680 e. The summed E-state index contributed by atoms with van der Waals surface area (Å²) in [7, 11) is 0. The summed E-state index contributed by atoms with van der Waals surface area (Å²) in [6.07, 6.45) is 13.6. The number of aryl methyl sites for hydroxylation is 1. The van der Waals surface area contributed by atoms with Crippen LogP contribution in [-0.2, 0) is 6.42 Å². The Morgan fingerprint density at radius 2 is 1.52 bits per heavy atom. The summed E-state index contributed by atoms with van der Waals surface area (Å²) in [5, 5.41) is 10.7. The molecule has 0 aliphatic carbocycles. The predicted octanol–water partition coefficient (Wildman–Crippen LogP) is 6.54. The van der Waals surface area contributed by atoms with Crippen LogP contribution < -0.4 is 0 Å². The van der Waals surface area contributed by atoms with E-state index in [0.717, 1.165) is 32.1 Å². The van der Waals surface area contributed by atoms with Gasteiger partial charge in [0.1, 0.15) is 0 Å². The lowest BCUT2D eigenvalue weighted by atomic mass is 9.91. The molecule has 1 nitrogen and oxygen atoms in total. The first-order chi connectivity index (χ1) is 12.3. The fourth-order valence-electron chi connectivity index (χ4n) is 3.13. The fourth-order valence-corrected chi connectivity index (χ4v) is 3.13. The maximum absolute atomic E-state index is 10.7. The van der Waals surface area contributed by atoms with Crippen LogP contribution in [0.15, 0.2) is 30.3 Å². The number of rotatable bonds is 13. The molecule has 0 bridgehead atoms. The van der Waals surface area contributed by atoms with E-state index in [-0.39, 0.29) is 12.0 Å². The molecule has 0 amide bonds. The highest BCUT2D eigenvalue weighted by Gasteiger charge is 2.16. The second-order valence-electron chi connectivity index (χ2n) is 7.18. The molecule has 0 saturated heterocycles. The standard InChI is InChI=1S/C24H38O/c1-3-5-7-9-10-15-19-23(18-14-8-6-4-2)24(25)21-20-22-16-12-11-13-17-22/h11-13,16-17,23-25H,3-10,15,19-21H2,1-2H3/t23-,24-/m1/s1. The second kappa shape index (κ2) is 15.0. The minimum atomic E-state index is -0.301. The van der Waals surface area contributed by atoms with Crippen LogP contribution in [0.2, 0.25) is 0 Å². The molecule has 0 unspecified atom stereocenters. The van der Waals surface area contributed by atoms with Crippen molar-refractivity contribution in [2.75, 3.05) is 0 Å². The van der Waals surface area contributed by atoms with E-state index in [9.17, 15) is 5.11 Å². The monoisotopic (exact) mass is 342 g/mol. The molecule has 1 aromatic carbocycles. The minimum absolute atomic E-state index is 0.145. The van der Waals surface area contributed by atoms with Crippen molar-refractivity contribution < 1.29 is 5.11 Å². The van der Waals surface area contributed by atoms with Crippen molar-refractivity contribution >= 4 is 0 Å². The van der Waals surface area contributed by atoms with Crippen LogP contribution in [0.3, 0.4) is 0 Å². The summed E-state index contributed by atoms with van der Waals surface area (Å²) in [6, 6.07) is 10.5. The Labute approximate surface area is 156 Å². The van der Waals surface area contributed by atoms with E-state index < -0.39 is 0 Å². The summed E-state index contributed by atoms with van der Waals surface area (Å²) in [6.45, 7) is 4.45. The normalized spacial score (nSPS) is 13.1. The lowest BCUT2D eigenvalue weighted by Crippen LogP contribution is -2.20. The average molecular weight is 343 g/mol. The van der Waals surface area contributed by atoms with Crippen molar-refractivity contribution in [3.05, 3.63) is 35.9 Å². The number of hydrogen-bond acceptors (Lipinski definition) is 1. The molecule has 0 heterocycles. The molecule has 0 aromatic heterocycles. The van der Waals surface area contributed by atoms with Gasteiger partial charge in [-0.05, 0) is 31.2 Å². The number of aliphatic hydroxyl groups excluding tert-OH is 1. The number of hydrogen-bond donors (Lipinski definition) is 1. The topological polar surface area (TPSA) is 20.2 Å². The molecule has 1 rings (SSSR count). The molecular weight excluding hydrogens is 304 g/mol. The fraction of sp³-hybridized carbons (Fsp3) is 0.667. The predicted molar refractivity (Wildman–Crippen MR) is 110 cm³/mol. The summed E-state index contributed by atoms with van der Waals surface area (Å²) in [5.74, 6) is 6.85. The van der Waals surface area contributed by atoms with Gasteiger partial charge in [-0.25, -0.2) is 0 Å². The molecule has 0 spiro atoms. The third-order valence-electron chi connectivity index (χ3n) is 4.85. The highest BCUT2D eigenvalue weighted by molar-refractivity contribution is 5.15. The third-order valence-corrected chi connectivity index (χ3v) is 4.85. The molecular formula is C24H38O. The Balaban J connectivity index is 2.42. The van der Waals surface area contributed by atoms with Crippen molar-refractivity contribution in [3.63, 3.8) is 0 Å². The smallest absolute Gasteiger partial charge is 0.0680 e. The van der Waals surface area contributed by atoms with Crippen LogP contribution in [0.4, 0.5) is 0 Å². The van der Waals surface area contributed by atoms with Gasteiger partial charge in [-0.3, -0.25) is 0 Å². The summed E-state index contributed by atoms with van der Waals surface area (Å²) in [4.78, 5) is 0. The van der Waals surface area contributed by atoms with E-state index in [1.54, 1.807) is 0 Å². The van der Waals surface area contributed by atoms with E-state index in [1.165, 1.54) is 50.5 Å². The highest BCUT2D eigenvalue weighted by Crippen LogP contribution is 2.19. The quantitative estimate of drug-likeness (QED) is 0.319. The minimum Gasteiger partial charge on any atom is -0.392 e. The molecule has 25 heavy (non-hydrogen) atoms. The second-order valence-corrected chi connectivity index (χ2v) is 7.18. The molecule has 0 radical (unpaired) electrons. The van der Waals surface area contributed by atoms with Gasteiger partial charge in [0, 0.05) is 12.3 Å². The molecule has 0 fully saturated rings. The molecule has 1 N–H and O–H groups in total. The van der Waals surface area contributed by atoms with Gasteiger partial charge in [-0.15, -0.1) is 5.92 Å². The molecule has 0 saturated carbocycles. The van der Waals surface area contributed by atoms with Gasteiger partial charge in [0.05, 0.1) is 6.10 Å². The van der Waals surface area contributed by atoms with Crippen LogP contribution in [-0.4, -0.2) is 11.2 Å². The van der Waals surface area contributed by atoms with Gasteiger partial charge in [0.25, 0.3) is 0 Å². The van der Waals surface area contributed by atoms with Crippen molar-refractivity contribution in [1.82, 2.24) is 0 Å². The third kappa shape index (κ3) is 11.1. The number of unbranched alkanes of at least 4 members (excludes halogenated alkanes) is 7. The van der Waals surface area contributed by atoms with E-state index in [0.29, 0.717) is 0 Å². The largest absolute Gasteiger partial charge is 0.392 e. The zero-order valence-electron chi connectivity index (χ0n) is 16.5. The Hall–Kier alpha value is -1.26. The zero-order chi connectivity index (χ0) is 18.2. The van der Waals surface area contributed by atoms with Crippen LogP contribution in [0, 0.1) is 17.8 Å². The van der Waals surface area contributed by atoms with Crippen molar-refractivity contribution in [2.45, 2.75) is 97.0 Å². The van der Waals surface area contributed by atoms with E-state index in [1.807, 2.05) is 6.07 Å². The molecule has 1 aromatic rings. The maximum atomic E-state index is 10.7. The molecule has 0 aliphatic rings. The number of benzene rings is 1. The first kappa shape index (κ1) is 21.8. The van der Waals surface area contributed by atoms with E-state index in [4.69, 9.17) is 0 Å². The zero-order valence-corrected chi connectivity index (χ0v) is 16.5.